The van der Waals surface area contributed by atoms with Gasteiger partial charge in [0.15, 0.2) is 0 Å². The Bertz CT molecular complexity index is 739. The summed E-state index contributed by atoms with van der Waals surface area (Å²) in [4.78, 5) is 16.6. The lowest BCUT2D eigenvalue weighted by Gasteiger charge is -2.24. The van der Waals surface area contributed by atoms with Gasteiger partial charge in [-0.2, -0.15) is 0 Å². The number of rotatable bonds is 6. The van der Waals surface area contributed by atoms with Gasteiger partial charge in [-0.15, -0.1) is 10.2 Å². The summed E-state index contributed by atoms with van der Waals surface area (Å²) in [5.74, 6) is 2.18. The second-order valence-corrected chi connectivity index (χ2v) is 6.70. The van der Waals surface area contributed by atoms with Crippen LogP contribution < -0.4 is 5.32 Å². The van der Waals surface area contributed by atoms with Crippen LogP contribution in [0.5, 0.6) is 0 Å². The van der Waals surface area contributed by atoms with Crippen molar-refractivity contribution in [3.63, 3.8) is 0 Å². The molecule has 3 heterocycles. The Hall–Kier alpha value is -2.26. The molecule has 1 atom stereocenters. The highest BCUT2D eigenvalue weighted by atomic mass is 16.5. The number of hydrogen-bond acceptors (Lipinski definition) is 7. The summed E-state index contributed by atoms with van der Waals surface area (Å²) in [5, 5.41) is 14.8. The van der Waals surface area contributed by atoms with Crippen molar-refractivity contribution in [2.75, 3.05) is 32.0 Å². The molecule has 136 valence electrons. The SMILES string of the molecule is Cc1cc(NC(=O)CN2CCC(N(C)Cc3nnc(C)n3C)C2)on1. The molecule has 1 fully saturated rings. The second kappa shape index (κ2) is 7.32. The van der Waals surface area contributed by atoms with Crippen LogP contribution in [-0.4, -0.2) is 68.4 Å². The summed E-state index contributed by atoms with van der Waals surface area (Å²) in [6.45, 7) is 6.62. The van der Waals surface area contributed by atoms with Crippen LogP contribution in [0, 0.1) is 13.8 Å². The highest BCUT2D eigenvalue weighted by molar-refractivity contribution is 5.90. The average Bonchev–Trinajstić information content (AvgIpc) is 3.25. The molecule has 1 N–H and O–H groups in total. The number of aromatic nitrogens is 4. The van der Waals surface area contributed by atoms with Crippen molar-refractivity contribution in [2.45, 2.75) is 32.9 Å². The largest absolute Gasteiger partial charge is 0.338 e. The summed E-state index contributed by atoms with van der Waals surface area (Å²) in [7, 11) is 4.07. The molecule has 1 unspecified atom stereocenters. The molecule has 1 aliphatic rings. The number of nitrogens with one attached hydrogen (secondary N) is 1. The zero-order valence-corrected chi connectivity index (χ0v) is 15.2. The van der Waals surface area contributed by atoms with E-state index in [2.05, 4.69) is 37.5 Å². The van der Waals surface area contributed by atoms with Gasteiger partial charge in [0, 0.05) is 32.2 Å². The molecule has 2 aromatic heterocycles. The first-order valence-electron chi connectivity index (χ1n) is 8.43. The van der Waals surface area contributed by atoms with Gasteiger partial charge < -0.3 is 9.09 Å². The molecule has 9 nitrogen and oxygen atoms in total. The number of anilines is 1. The number of hydrogen-bond donors (Lipinski definition) is 1. The highest BCUT2D eigenvalue weighted by Crippen LogP contribution is 2.16. The molecule has 3 rings (SSSR count). The number of carbonyl (C=O) groups excluding carboxylic acids is 1. The quantitative estimate of drug-likeness (QED) is 0.816. The van der Waals surface area contributed by atoms with Crippen LogP contribution in [0.3, 0.4) is 0 Å². The van der Waals surface area contributed by atoms with Crippen molar-refractivity contribution in [1.29, 1.82) is 0 Å². The molecule has 1 aliphatic heterocycles. The van der Waals surface area contributed by atoms with Gasteiger partial charge in [0.1, 0.15) is 11.6 Å². The average molecular weight is 347 g/mol. The van der Waals surface area contributed by atoms with Crippen LogP contribution in [0.4, 0.5) is 5.88 Å². The first-order valence-corrected chi connectivity index (χ1v) is 8.43. The van der Waals surface area contributed by atoms with Crippen molar-refractivity contribution in [1.82, 2.24) is 29.7 Å². The third kappa shape index (κ3) is 4.23. The lowest BCUT2D eigenvalue weighted by atomic mass is 10.2. The van der Waals surface area contributed by atoms with E-state index in [-0.39, 0.29) is 5.91 Å². The standard InChI is InChI=1S/C16H25N7O2/c1-11-7-16(25-20-11)17-15(24)10-23-6-5-13(8-23)21(3)9-14-19-18-12(2)22(14)4/h7,13H,5-6,8-10H2,1-4H3,(H,17,24). The van der Waals surface area contributed by atoms with Gasteiger partial charge in [-0.25, -0.2) is 0 Å². The van der Waals surface area contributed by atoms with E-state index in [1.807, 2.05) is 25.5 Å². The Morgan fingerprint density at radius 1 is 1.44 bits per heavy atom. The summed E-state index contributed by atoms with van der Waals surface area (Å²) >= 11 is 0. The van der Waals surface area contributed by atoms with Gasteiger partial charge in [0.25, 0.3) is 0 Å². The predicted octanol–water partition coefficient (Wildman–Crippen LogP) is 0.565. The normalized spacial score (nSPS) is 18.2. The van der Waals surface area contributed by atoms with E-state index >= 15 is 0 Å². The molecule has 0 bridgehead atoms. The fourth-order valence-corrected chi connectivity index (χ4v) is 3.06. The Kier molecular flexibility index (Phi) is 5.14. The van der Waals surface area contributed by atoms with E-state index in [9.17, 15) is 4.79 Å². The van der Waals surface area contributed by atoms with Crippen molar-refractivity contribution < 1.29 is 9.32 Å². The number of nitrogens with zero attached hydrogens (tertiary/aromatic N) is 6. The van der Waals surface area contributed by atoms with Gasteiger partial charge in [-0.05, 0) is 27.3 Å². The monoisotopic (exact) mass is 347 g/mol. The van der Waals surface area contributed by atoms with E-state index in [0.717, 1.165) is 43.4 Å². The van der Waals surface area contributed by atoms with Crippen molar-refractivity contribution >= 4 is 11.8 Å². The van der Waals surface area contributed by atoms with E-state index in [0.29, 0.717) is 18.5 Å². The Morgan fingerprint density at radius 3 is 2.88 bits per heavy atom. The minimum Gasteiger partial charge on any atom is -0.338 e. The Morgan fingerprint density at radius 2 is 2.24 bits per heavy atom. The smallest absolute Gasteiger partial charge is 0.240 e. The molecular formula is C16H25N7O2. The van der Waals surface area contributed by atoms with Crippen LogP contribution in [0.1, 0.15) is 23.8 Å². The number of amides is 1. The molecule has 1 amide bonds. The maximum atomic E-state index is 12.1. The first-order chi connectivity index (χ1) is 11.9. The van der Waals surface area contributed by atoms with E-state index in [4.69, 9.17) is 4.52 Å². The zero-order chi connectivity index (χ0) is 18.0. The van der Waals surface area contributed by atoms with E-state index in [1.165, 1.54) is 0 Å². The molecule has 0 saturated carbocycles. The molecule has 0 aromatic carbocycles. The minimum absolute atomic E-state index is 0.0802. The Balaban J connectivity index is 1.47. The maximum Gasteiger partial charge on any atom is 0.240 e. The topological polar surface area (TPSA) is 92.3 Å². The van der Waals surface area contributed by atoms with Gasteiger partial charge in [0.2, 0.25) is 11.8 Å². The molecule has 0 radical (unpaired) electrons. The van der Waals surface area contributed by atoms with Gasteiger partial charge >= 0.3 is 0 Å². The molecule has 2 aromatic rings. The van der Waals surface area contributed by atoms with Crippen LogP contribution in [0.2, 0.25) is 0 Å². The molecule has 9 heteroatoms. The van der Waals surface area contributed by atoms with Crippen LogP contribution in [0.15, 0.2) is 10.6 Å². The molecular weight excluding hydrogens is 322 g/mol. The van der Waals surface area contributed by atoms with Gasteiger partial charge in [-0.3, -0.25) is 19.9 Å². The molecule has 1 saturated heterocycles. The maximum absolute atomic E-state index is 12.1. The van der Waals surface area contributed by atoms with Crippen molar-refractivity contribution in [2.24, 2.45) is 7.05 Å². The predicted molar refractivity (Wildman–Crippen MR) is 91.9 cm³/mol. The third-order valence-corrected chi connectivity index (χ3v) is 4.70. The lowest BCUT2D eigenvalue weighted by Crippen LogP contribution is -2.37. The minimum atomic E-state index is -0.0802. The van der Waals surface area contributed by atoms with Crippen LogP contribution in [-0.2, 0) is 18.4 Å². The molecule has 0 spiro atoms. The van der Waals surface area contributed by atoms with Gasteiger partial charge in [-0.1, -0.05) is 5.16 Å². The zero-order valence-electron chi connectivity index (χ0n) is 15.2. The van der Waals surface area contributed by atoms with Crippen LogP contribution >= 0.6 is 0 Å². The van der Waals surface area contributed by atoms with E-state index < -0.39 is 0 Å². The number of carbonyl (C=O) groups is 1. The van der Waals surface area contributed by atoms with E-state index in [1.54, 1.807) is 6.07 Å². The van der Waals surface area contributed by atoms with Crippen molar-refractivity contribution in [3.8, 4) is 0 Å². The number of likely N-dealkylation sites (N-methyl/N-ethyl adjacent to an activating group) is 1. The lowest BCUT2D eigenvalue weighted by molar-refractivity contribution is -0.117. The summed E-state index contributed by atoms with van der Waals surface area (Å²) in [5.41, 5.74) is 0.747. The fraction of sp³-hybridized carbons (Fsp3) is 0.625. The summed E-state index contributed by atoms with van der Waals surface area (Å²) < 4.78 is 7.02. The molecule has 25 heavy (non-hydrogen) atoms. The molecule has 0 aliphatic carbocycles. The number of aryl methyl sites for hydroxylation is 2. The highest BCUT2D eigenvalue weighted by Gasteiger charge is 2.27. The fourth-order valence-electron chi connectivity index (χ4n) is 3.06. The first kappa shape index (κ1) is 17.6. The number of likely N-dealkylation sites (tertiary alicyclic amines) is 1. The second-order valence-electron chi connectivity index (χ2n) is 6.70. The van der Waals surface area contributed by atoms with Gasteiger partial charge in [0.05, 0.1) is 18.8 Å². The summed E-state index contributed by atoms with van der Waals surface area (Å²) in [6, 6.07) is 2.11. The van der Waals surface area contributed by atoms with Crippen LogP contribution in [0.25, 0.3) is 0 Å². The third-order valence-electron chi connectivity index (χ3n) is 4.70. The Labute approximate surface area is 147 Å². The summed E-state index contributed by atoms with van der Waals surface area (Å²) in [6.07, 6.45) is 1.03. The van der Waals surface area contributed by atoms with Crippen molar-refractivity contribution in [3.05, 3.63) is 23.4 Å².